The first-order valence-electron chi connectivity index (χ1n) is 44.2. The number of aliphatic carboxylic acids is 3. The number of likely N-dealkylation sites (N-methyl/N-ethyl adjacent to an activating group) is 1. The molecule has 1 aliphatic rings. The normalized spacial score (nSPS) is 15.8. The van der Waals surface area contributed by atoms with Crippen molar-refractivity contribution in [3.63, 3.8) is 0 Å². The van der Waals surface area contributed by atoms with E-state index in [2.05, 4.69) is 37.2 Å². The topological polar surface area (TPSA) is 623 Å². The Morgan fingerprint density at radius 1 is 0.462 bits per heavy atom. The molecule has 0 radical (unpaired) electrons. The minimum Gasteiger partial charge on any atom is -0.508 e. The van der Waals surface area contributed by atoms with Gasteiger partial charge < -0.3 is 98.7 Å². The first-order valence-corrected chi connectivity index (χ1v) is 44.2. The molecule has 3 aromatic rings. The van der Waals surface area contributed by atoms with Crippen molar-refractivity contribution in [2.75, 3.05) is 53.0 Å². The molecule has 16 atom stereocenters. The molecule has 38 nitrogen and oxygen atoms in total. The third-order valence-electron chi connectivity index (χ3n) is 23.0. The zero-order chi connectivity index (χ0) is 97.2. The number of phenols is 2. The number of amides is 9. The van der Waals surface area contributed by atoms with Crippen LogP contribution in [0.3, 0.4) is 0 Å². The van der Waals surface area contributed by atoms with Crippen LogP contribution in [-0.2, 0) is 110 Å². The van der Waals surface area contributed by atoms with Gasteiger partial charge in [-0.3, -0.25) is 91.1 Å². The van der Waals surface area contributed by atoms with E-state index in [0.717, 1.165) is 31.6 Å². The number of carbonyl (C=O) groups excluding carboxylic acids is 16. The van der Waals surface area contributed by atoms with Gasteiger partial charge in [-0.2, -0.15) is 0 Å². The Labute approximate surface area is 755 Å². The summed E-state index contributed by atoms with van der Waals surface area (Å²) < 4.78 is 0. The number of benzene rings is 3. The number of piperidine rings is 1. The lowest BCUT2D eigenvalue weighted by Gasteiger charge is -2.28. The molecule has 1 heterocycles. The number of nitrogens with one attached hydrogen (secondary N) is 7. The highest BCUT2D eigenvalue weighted by Gasteiger charge is 2.41. The van der Waals surface area contributed by atoms with Crippen molar-refractivity contribution in [1.29, 1.82) is 0 Å². The van der Waals surface area contributed by atoms with E-state index >= 15 is 0 Å². The molecule has 1 fully saturated rings. The Morgan fingerprint density at radius 3 is 1.45 bits per heavy atom. The average molecular weight is 1830 g/mol. The van der Waals surface area contributed by atoms with Crippen LogP contribution in [0, 0.1) is 53.3 Å². The van der Waals surface area contributed by atoms with Gasteiger partial charge in [-0.25, -0.2) is 0 Å². The molecule has 0 saturated carbocycles. The number of unbranched alkanes of at least 4 members (excludes halogenated alkanes) is 1. The summed E-state index contributed by atoms with van der Waals surface area (Å²) in [5.74, 6) is -30.2. The second-order valence-electron chi connectivity index (χ2n) is 34.4. The highest BCUT2D eigenvalue weighted by molar-refractivity contribution is 6.01. The van der Waals surface area contributed by atoms with E-state index in [9.17, 15) is 137 Å². The van der Waals surface area contributed by atoms with Crippen LogP contribution in [0.5, 0.6) is 11.5 Å². The van der Waals surface area contributed by atoms with Crippen LogP contribution < -0.4 is 43.0 Å². The SMILES string of the molecule is CC[C@H](C)[C@H](NC(=O)[C@H](CO)CC(=O)[C@H](Cc1ccc(O)cc1)NC(=O)[C@H](CC(=O)O)CC(=O)[C@H](CO)NC(=O)[C@@H](CC(=O)[C@H](Cc1ccccc1)NC(=O)[C@@H](CC(=O)CNC(=O)[C@H](CCC(=O)O)CC(=O)CN(C)C(=O)CCN1CCCCC1=O)[C@@H](C)O)[C@@H](C)O)C(=O)C[C@@H](Cc1ccc(O)cc1)C(=O)N[C@@H](CC(C)C)C(=O)C[C@@H](CC(=O)O)C(=O)N[C@H](C)CCCCN. The second-order valence-corrected chi connectivity index (χ2v) is 34.4. The van der Waals surface area contributed by atoms with Gasteiger partial charge >= 0.3 is 17.9 Å². The van der Waals surface area contributed by atoms with Gasteiger partial charge in [-0.1, -0.05) is 95.1 Å². The second kappa shape index (κ2) is 56.8. The van der Waals surface area contributed by atoms with E-state index in [1.807, 2.05) is 0 Å². The van der Waals surface area contributed by atoms with Crippen LogP contribution >= 0.6 is 0 Å². The van der Waals surface area contributed by atoms with E-state index in [-0.39, 0.29) is 80.0 Å². The zero-order valence-electron chi connectivity index (χ0n) is 75.3. The van der Waals surface area contributed by atoms with Gasteiger partial charge in [0.25, 0.3) is 0 Å². The van der Waals surface area contributed by atoms with Gasteiger partial charge in [0.2, 0.25) is 53.2 Å². The van der Waals surface area contributed by atoms with Crippen LogP contribution in [0.4, 0.5) is 0 Å². The Bertz CT molecular complexity index is 4330. The van der Waals surface area contributed by atoms with Crippen LogP contribution in [0.1, 0.15) is 194 Å². The number of rotatable bonds is 64. The number of carboxylic acids is 3. The molecule has 4 rings (SSSR count). The van der Waals surface area contributed by atoms with Gasteiger partial charge in [0, 0.05) is 102 Å². The van der Waals surface area contributed by atoms with E-state index in [1.54, 1.807) is 69.9 Å². The number of carbonyl (C=O) groups is 19. The Kier molecular flexibility index (Phi) is 48.3. The zero-order valence-corrected chi connectivity index (χ0v) is 75.3. The van der Waals surface area contributed by atoms with Crippen molar-refractivity contribution in [3.8, 4) is 11.5 Å². The third-order valence-corrected chi connectivity index (χ3v) is 23.0. The summed E-state index contributed by atoms with van der Waals surface area (Å²) in [6, 6.07) is 10.4. The predicted octanol–water partition coefficient (Wildman–Crippen LogP) is 1.84. The lowest BCUT2D eigenvalue weighted by Crippen LogP contribution is -2.52. The fraction of sp³-hybridized carbons (Fsp3) is 0.598. The van der Waals surface area contributed by atoms with Crippen molar-refractivity contribution >= 4 is 112 Å². The molecule has 130 heavy (non-hydrogen) atoms. The lowest BCUT2D eigenvalue weighted by atomic mass is 9.85. The number of nitrogens with two attached hydrogens (primary N) is 1. The van der Waals surface area contributed by atoms with Crippen LogP contribution in [0.15, 0.2) is 78.9 Å². The van der Waals surface area contributed by atoms with Crippen molar-refractivity contribution in [2.45, 2.75) is 245 Å². The van der Waals surface area contributed by atoms with Crippen molar-refractivity contribution in [2.24, 2.45) is 59.0 Å². The third kappa shape index (κ3) is 39.8. The number of Topliss-reactive ketones (excluding diaryl/α,β-unsaturated/α-hetero) is 7. The molecule has 0 aromatic heterocycles. The number of hydrogen-bond acceptors (Lipinski definition) is 26. The monoisotopic (exact) mass is 1820 g/mol. The van der Waals surface area contributed by atoms with Crippen molar-refractivity contribution < 1.29 is 137 Å². The number of carboxylic acid groups (broad SMARTS) is 3. The van der Waals surface area contributed by atoms with Gasteiger partial charge in [-0.15, -0.1) is 0 Å². The maximum atomic E-state index is 14.8. The molecule has 38 heteroatoms. The standard InChI is InChI=1S/C92H132N10O28/c1-9-53(4)85(79(115)42-61(36-58-21-26-65(107)27-22-58)88(126)96-71(35-52(2)3)75(111)40-62(44-83(120)121)87(125)95-54(5)17-13-15-32-93)100-90(128)64(50-103)43-76(112)72(38-59-23-28-66(108)29-24-59)97-89(127)63(45-84(122)123)41-77(113)74(51-104)99-92(130)70(56(7)106)47-78(114)73(37-57-18-11-10-12-19-57)98-91(129)69(55(6)105)46-67(109)48-94-86(124)60(25-30-82(118)119)39-68(110)49-101(8)80(116)31-34-102-33-16-14-20-81(102)117/h10-12,18-19,21-24,26-29,52-56,60-64,69-74,85,103-108H,9,13-17,20,25,30-51,93H2,1-8H3,(H,94,124)(H,95,125)(H,96,126)(H,97,127)(H,98,129)(H,99,130)(H,100,128)(H,118,119)(H,120,121)(H,122,123)/t53-,54+,55+,56+,60+,61+,62-,63-,64-,69-,70-,71-,72-,73-,74-,85-/m0/s1. The number of nitrogens with zero attached hydrogens (tertiary/aromatic N) is 2. The number of aromatic hydroxyl groups is 2. The maximum absolute atomic E-state index is 14.8. The molecule has 3 aromatic carbocycles. The predicted molar refractivity (Wildman–Crippen MR) is 469 cm³/mol. The minimum atomic E-state index is -1.99. The maximum Gasteiger partial charge on any atom is 0.304 e. The minimum absolute atomic E-state index is 0.0253. The van der Waals surface area contributed by atoms with Gasteiger partial charge in [-0.05, 0) is 138 Å². The highest BCUT2D eigenvalue weighted by atomic mass is 16.4. The largest absolute Gasteiger partial charge is 0.508 e. The molecule has 0 unspecified atom stereocenters. The number of hydrogen-bond donors (Lipinski definition) is 17. The van der Waals surface area contributed by atoms with Crippen LogP contribution in [0.25, 0.3) is 0 Å². The summed E-state index contributed by atoms with van der Waals surface area (Å²) in [5, 5.41) is 111. The first-order chi connectivity index (χ1) is 61.4. The summed E-state index contributed by atoms with van der Waals surface area (Å²) in [6.45, 7) is 8.31. The molecule has 18 N–H and O–H groups in total. The summed E-state index contributed by atoms with van der Waals surface area (Å²) in [4.78, 5) is 263. The number of aliphatic hydroxyl groups excluding tert-OH is 4. The molecule has 1 aliphatic heterocycles. The highest BCUT2D eigenvalue weighted by Crippen LogP contribution is 2.27. The molecule has 9 amide bonds. The van der Waals surface area contributed by atoms with E-state index in [0.29, 0.717) is 49.9 Å². The molecule has 718 valence electrons. The van der Waals surface area contributed by atoms with Crippen molar-refractivity contribution in [1.82, 2.24) is 47.0 Å². The Morgan fingerprint density at radius 2 is 0.938 bits per heavy atom. The van der Waals surface area contributed by atoms with E-state index < -0.39 is 292 Å². The molecule has 0 spiro atoms. The van der Waals surface area contributed by atoms with E-state index in [4.69, 9.17) is 5.73 Å². The molecule has 0 bridgehead atoms. The van der Waals surface area contributed by atoms with Crippen LogP contribution in [-0.4, -0.2) is 269 Å². The van der Waals surface area contributed by atoms with Gasteiger partial charge in [0.1, 0.15) is 17.5 Å². The number of likely N-dealkylation sites (tertiary alicyclic amines) is 1. The summed E-state index contributed by atoms with van der Waals surface area (Å²) in [6.07, 6.45) is -8.48. The van der Waals surface area contributed by atoms with Crippen molar-refractivity contribution in [3.05, 3.63) is 95.6 Å². The smallest absolute Gasteiger partial charge is 0.304 e. The summed E-state index contributed by atoms with van der Waals surface area (Å²) in [5.41, 5.74) is 6.77. The van der Waals surface area contributed by atoms with E-state index in [1.165, 1.54) is 55.6 Å². The number of phenolic OH excluding ortho intramolecular Hbond substituents is 2. The summed E-state index contributed by atoms with van der Waals surface area (Å²) >= 11 is 0. The van der Waals surface area contributed by atoms with Gasteiger partial charge in [0.05, 0.1) is 105 Å². The number of ketones is 7. The lowest BCUT2D eigenvalue weighted by molar-refractivity contribution is -0.143. The molecular weight excluding hydrogens is 1690 g/mol. The molecular formula is C92H132N10O28. The molecule has 0 aliphatic carbocycles. The Balaban J connectivity index is 1.54. The first kappa shape index (κ1) is 111. The Hall–Kier alpha value is -11.6. The fourth-order valence-electron chi connectivity index (χ4n) is 15.1. The van der Waals surface area contributed by atoms with Crippen LogP contribution in [0.2, 0.25) is 0 Å². The summed E-state index contributed by atoms with van der Waals surface area (Å²) in [7, 11) is 1.35. The number of aliphatic hydroxyl groups is 4. The van der Waals surface area contributed by atoms with Gasteiger partial charge in [0.15, 0.2) is 40.5 Å². The fourth-order valence-corrected chi connectivity index (χ4v) is 15.1. The average Bonchev–Trinajstić information content (AvgIpc) is 0.806. The molecule has 1 saturated heterocycles. The quantitative estimate of drug-likeness (QED) is 0.0359.